The number of carboxylic acid groups (broad SMARTS) is 1. The van der Waals surface area contributed by atoms with Gasteiger partial charge in [-0.3, -0.25) is 4.79 Å². The third-order valence-corrected chi connectivity index (χ3v) is 5.95. The Morgan fingerprint density at radius 3 is 2.71 bits per heavy atom. The third-order valence-electron chi connectivity index (χ3n) is 3.80. The zero-order chi connectivity index (χ0) is 15.1. The Labute approximate surface area is 135 Å². The number of carbonyl (C=O) groups is 2. The zero-order valence-corrected chi connectivity index (χ0v) is 13.6. The molecule has 1 saturated carbocycles. The molecule has 3 N–H and O–H groups in total. The summed E-state index contributed by atoms with van der Waals surface area (Å²) in [5, 5.41) is 9.34. The lowest BCUT2D eigenvalue weighted by Gasteiger charge is -2.28. The predicted molar refractivity (Wildman–Crippen MR) is 85.1 cm³/mol. The molecule has 1 heterocycles. The number of hydrogen-bond acceptors (Lipinski definition) is 4. The Morgan fingerprint density at radius 2 is 2.10 bits per heavy atom. The van der Waals surface area contributed by atoms with Gasteiger partial charge < -0.3 is 15.7 Å². The monoisotopic (exact) mass is 370 g/mol. The van der Waals surface area contributed by atoms with Gasteiger partial charge in [-0.25, -0.2) is 4.79 Å². The number of anilines is 1. The van der Waals surface area contributed by atoms with Crippen LogP contribution in [-0.2, 0) is 4.79 Å². The van der Waals surface area contributed by atoms with E-state index in [1.54, 1.807) is 30.0 Å². The molecule has 0 spiro atoms. The van der Waals surface area contributed by atoms with E-state index in [0.29, 0.717) is 27.4 Å². The van der Waals surface area contributed by atoms with Gasteiger partial charge in [0.2, 0.25) is 0 Å². The van der Waals surface area contributed by atoms with Crippen LogP contribution in [0, 0.1) is 5.92 Å². The summed E-state index contributed by atoms with van der Waals surface area (Å²) >= 11 is 4.92. The molecule has 1 aromatic carbocycles. The molecule has 0 radical (unpaired) electrons. The van der Waals surface area contributed by atoms with Crippen molar-refractivity contribution in [2.45, 2.75) is 24.3 Å². The number of amides is 1. The molecule has 2 atom stereocenters. The van der Waals surface area contributed by atoms with Crippen LogP contribution in [0.4, 0.5) is 5.69 Å². The van der Waals surface area contributed by atoms with E-state index in [0.717, 1.165) is 12.8 Å². The summed E-state index contributed by atoms with van der Waals surface area (Å²) in [6.07, 6.45) is 2.12. The highest BCUT2D eigenvalue weighted by Crippen LogP contribution is 2.46. The summed E-state index contributed by atoms with van der Waals surface area (Å²) in [5.74, 6) is -0.340. The average Bonchev–Trinajstić information content (AvgIpc) is 3.19. The van der Waals surface area contributed by atoms with E-state index in [4.69, 9.17) is 5.73 Å². The fraction of sp³-hybridized carbons (Fsp3) is 0.429. The number of halogens is 1. The van der Waals surface area contributed by atoms with E-state index >= 15 is 0 Å². The lowest BCUT2D eigenvalue weighted by atomic mass is 10.1. The fourth-order valence-electron chi connectivity index (χ4n) is 2.57. The van der Waals surface area contributed by atoms with E-state index in [-0.39, 0.29) is 11.3 Å². The number of nitrogens with two attached hydrogens (primary N) is 1. The lowest BCUT2D eigenvalue weighted by molar-refractivity contribution is -0.141. The number of nitrogen functional groups attached to an aromatic ring is 1. The van der Waals surface area contributed by atoms with Gasteiger partial charge in [0.15, 0.2) is 0 Å². The number of aliphatic carboxylic acids is 1. The maximum Gasteiger partial charge on any atom is 0.327 e. The van der Waals surface area contributed by atoms with Crippen LogP contribution >= 0.6 is 27.7 Å². The Hall–Kier alpha value is -1.21. The van der Waals surface area contributed by atoms with Crippen molar-refractivity contribution in [3.8, 4) is 0 Å². The van der Waals surface area contributed by atoms with Crippen molar-refractivity contribution in [2.75, 3.05) is 11.5 Å². The first-order chi connectivity index (χ1) is 9.99. The van der Waals surface area contributed by atoms with Crippen molar-refractivity contribution < 1.29 is 14.7 Å². The first-order valence-corrected chi connectivity index (χ1v) is 8.55. The molecule has 1 saturated heterocycles. The quantitative estimate of drug-likeness (QED) is 0.798. The van der Waals surface area contributed by atoms with Crippen LogP contribution in [0.3, 0.4) is 0 Å². The van der Waals surface area contributed by atoms with Crippen molar-refractivity contribution in [1.29, 1.82) is 0 Å². The van der Waals surface area contributed by atoms with Gasteiger partial charge in [-0.2, -0.15) is 0 Å². The molecule has 21 heavy (non-hydrogen) atoms. The van der Waals surface area contributed by atoms with Crippen LogP contribution in [0.2, 0.25) is 0 Å². The van der Waals surface area contributed by atoms with Gasteiger partial charge >= 0.3 is 5.97 Å². The van der Waals surface area contributed by atoms with E-state index < -0.39 is 12.0 Å². The van der Waals surface area contributed by atoms with Gasteiger partial charge in [0, 0.05) is 15.9 Å². The van der Waals surface area contributed by atoms with Gasteiger partial charge in [0.05, 0.1) is 10.9 Å². The first-order valence-electron chi connectivity index (χ1n) is 6.71. The Kier molecular flexibility index (Phi) is 3.88. The summed E-state index contributed by atoms with van der Waals surface area (Å²) in [6, 6.07) is 4.25. The van der Waals surface area contributed by atoms with Crippen molar-refractivity contribution in [3.63, 3.8) is 0 Å². The molecule has 2 fully saturated rings. The minimum Gasteiger partial charge on any atom is -0.480 e. The second kappa shape index (κ2) is 5.53. The zero-order valence-electron chi connectivity index (χ0n) is 11.2. The van der Waals surface area contributed by atoms with E-state index in [2.05, 4.69) is 15.9 Å². The average molecular weight is 371 g/mol. The van der Waals surface area contributed by atoms with Gasteiger partial charge in [-0.1, -0.05) is 0 Å². The molecule has 5 nitrogen and oxygen atoms in total. The van der Waals surface area contributed by atoms with Crippen LogP contribution in [-0.4, -0.2) is 39.1 Å². The Morgan fingerprint density at radius 1 is 1.38 bits per heavy atom. The number of hydrogen-bond donors (Lipinski definition) is 2. The fourth-order valence-corrected chi connectivity index (χ4v) is 4.61. The number of carbonyl (C=O) groups excluding carboxylic acids is 1. The topological polar surface area (TPSA) is 83.6 Å². The highest BCUT2D eigenvalue weighted by Gasteiger charge is 2.48. The molecule has 0 aromatic heterocycles. The summed E-state index contributed by atoms with van der Waals surface area (Å²) in [5.41, 5.74) is 6.67. The van der Waals surface area contributed by atoms with Gasteiger partial charge in [0.25, 0.3) is 5.91 Å². The van der Waals surface area contributed by atoms with Crippen LogP contribution in [0.15, 0.2) is 22.7 Å². The van der Waals surface area contributed by atoms with Crippen LogP contribution in [0.25, 0.3) is 0 Å². The minimum atomic E-state index is -0.945. The predicted octanol–water partition coefficient (Wildman–Crippen LogP) is 2.41. The smallest absolute Gasteiger partial charge is 0.327 e. The maximum atomic E-state index is 12.8. The Balaban J connectivity index is 1.95. The summed E-state index contributed by atoms with van der Waals surface area (Å²) < 4.78 is 0.636. The number of carboxylic acids is 1. The van der Waals surface area contributed by atoms with Crippen LogP contribution < -0.4 is 5.73 Å². The molecule has 7 heteroatoms. The second-order valence-corrected chi connectivity index (χ2v) is 7.37. The molecular weight excluding hydrogens is 356 g/mol. The van der Waals surface area contributed by atoms with E-state index in [1.807, 2.05) is 0 Å². The highest BCUT2D eigenvalue weighted by molar-refractivity contribution is 9.10. The van der Waals surface area contributed by atoms with Crippen LogP contribution in [0.1, 0.15) is 23.2 Å². The molecule has 1 aliphatic carbocycles. The lowest BCUT2D eigenvalue weighted by Crippen LogP contribution is -2.46. The van der Waals surface area contributed by atoms with Crippen molar-refractivity contribution in [2.24, 2.45) is 5.92 Å². The van der Waals surface area contributed by atoms with Crippen molar-refractivity contribution in [1.82, 2.24) is 4.90 Å². The van der Waals surface area contributed by atoms with Gasteiger partial charge in [-0.05, 0) is 52.9 Å². The highest BCUT2D eigenvalue weighted by atomic mass is 79.9. The normalized spacial score (nSPS) is 25.1. The number of thioether (sulfide) groups is 1. The summed E-state index contributed by atoms with van der Waals surface area (Å²) in [7, 11) is 0. The third kappa shape index (κ3) is 2.76. The van der Waals surface area contributed by atoms with Gasteiger partial charge in [0.1, 0.15) is 6.04 Å². The molecule has 0 bridgehead atoms. The second-order valence-electron chi connectivity index (χ2n) is 5.37. The summed E-state index contributed by atoms with van der Waals surface area (Å²) in [4.78, 5) is 25.8. The molecular formula is C14H15BrN2O3S. The molecule has 2 unspecified atom stereocenters. The number of nitrogens with zero attached hydrogens (tertiary/aromatic N) is 1. The SMILES string of the molecule is Nc1ccc(Br)c(C(=O)N2C(C(=O)O)CSC2C2CC2)c1. The maximum absolute atomic E-state index is 12.8. The minimum absolute atomic E-state index is 0.0352. The standard InChI is InChI=1S/C14H15BrN2O3S/c15-10-4-3-8(16)5-9(10)12(18)17-11(14(19)20)6-21-13(17)7-1-2-7/h3-5,7,11,13H,1-2,6,16H2,(H,19,20). The van der Waals surface area contributed by atoms with Crippen LogP contribution in [0.5, 0.6) is 0 Å². The molecule has 112 valence electrons. The first kappa shape index (κ1) is 14.7. The number of rotatable bonds is 3. The molecule has 1 amide bonds. The molecule has 2 aliphatic rings. The van der Waals surface area contributed by atoms with Crippen molar-refractivity contribution in [3.05, 3.63) is 28.2 Å². The van der Waals surface area contributed by atoms with Gasteiger partial charge in [-0.15, -0.1) is 11.8 Å². The number of benzene rings is 1. The van der Waals surface area contributed by atoms with Crippen molar-refractivity contribution >= 4 is 45.3 Å². The van der Waals surface area contributed by atoms with E-state index in [9.17, 15) is 14.7 Å². The Bertz CT molecular complexity index is 606. The summed E-state index contributed by atoms with van der Waals surface area (Å²) in [6.45, 7) is 0. The molecule has 1 aromatic rings. The van der Waals surface area contributed by atoms with E-state index in [1.165, 1.54) is 4.90 Å². The molecule has 1 aliphatic heterocycles. The largest absolute Gasteiger partial charge is 0.480 e. The molecule has 3 rings (SSSR count).